The number of fused-ring (bicyclic) bond motifs is 2. The first-order chi connectivity index (χ1) is 17.5. The second-order valence-electron chi connectivity index (χ2n) is 9.38. The normalized spacial score (nSPS) is 18.5. The maximum absolute atomic E-state index is 14.1. The lowest BCUT2D eigenvalue weighted by Gasteiger charge is -2.45. The zero-order valence-corrected chi connectivity index (χ0v) is 19.7. The molecule has 0 bridgehead atoms. The molecule has 0 spiro atoms. The lowest BCUT2D eigenvalue weighted by molar-refractivity contribution is -0.119. The predicted molar refractivity (Wildman–Crippen MR) is 134 cm³/mol. The van der Waals surface area contributed by atoms with Crippen LogP contribution in [0, 0.1) is 11.6 Å². The Kier molecular flexibility index (Phi) is 5.50. The summed E-state index contributed by atoms with van der Waals surface area (Å²) in [6, 6.07) is 8.44. The number of amides is 1. The van der Waals surface area contributed by atoms with E-state index in [9.17, 15) is 13.6 Å². The van der Waals surface area contributed by atoms with Crippen LogP contribution >= 0.6 is 0 Å². The molecule has 36 heavy (non-hydrogen) atoms. The molecule has 184 valence electrons. The maximum atomic E-state index is 14.1. The molecule has 1 atom stereocenters. The highest BCUT2D eigenvalue weighted by atomic mass is 19.1. The molecular formula is C26H25F2N7O. The van der Waals surface area contributed by atoms with Crippen molar-refractivity contribution in [1.82, 2.24) is 20.2 Å². The van der Waals surface area contributed by atoms with Crippen LogP contribution in [0.2, 0.25) is 0 Å². The highest BCUT2D eigenvalue weighted by molar-refractivity contribution is 6.09. The molecule has 8 nitrogen and oxygen atoms in total. The van der Waals surface area contributed by atoms with Crippen LogP contribution in [0.3, 0.4) is 0 Å². The third kappa shape index (κ3) is 3.92. The van der Waals surface area contributed by atoms with Crippen molar-refractivity contribution in [3.8, 4) is 0 Å². The average molecular weight is 490 g/mol. The number of aromatic nitrogens is 4. The van der Waals surface area contributed by atoms with Crippen molar-refractivity contribution in [2.75, 3.05) is 15.1 Å². The van der Waals surface area contributed by atoms with Gasteiger partial charge in [0, 0.05) is 23.2 Å². The Labute approximate surface area is 206 Å². The van der Waals surface area contributed by atoms with Gasteiger partial charge in [-0.1, -0.05) is 19.3 Å². The van der Waals surface area contributed by atoms with Crippen LogP contribution in [0.25, 0.3) is 10.9 Å². The molecule has 6 rings (SSSR count). The number of rotatable bonds is 4. The smallest absolute Gasteiger partial charge is 0.254 e. The minimum absolute atomic E-state index is 0.114. The summed E-state index contributed by atoms with van der Waals surface area (Å²) in [6.45, 7) is 1.82. The van der Waals surface area contributed by atoms with Crippen LogP contribution in [0.1, 0.15) is 39.0 Å². The van der Waals surface area contributed by atoms with E-state index in [4.69, 9.17) is 4.98 Å². The molecular weight excluding hydrogens is 464 g/mol. The van der Waals surface area contributed by atoms with Crippen molar-refractivity contribution in [1.29, 1.82) is 0 Å². The number of carbonyl (C=O) groups excluding carboxylic acids is 1. The number of aromatic amines is 1. The van der Waals surface area contributed by atoms with Crippen LogP contribution in [0.15, 0.2) is 48.8 Å². The van der Waals surface area contributed by atoms with Gasteiger partial charge in [0.05, 0.1) is 23.6 Å². The van der Waals surface area contributed by atoms with Crippen LogP contribution in [-0.4, -0.2) is 38.2 Å². The zero-order chi connectivity index (χ0) is 24.8. The van der Waals surface area contributed by atoms with E-state index in [2.05, 4.69) is 25.4 Å². The van der Waals surface area contributed by atoms with Gasteiger partial charge in [0.2, 0.25) is 5.95 Å². The minimum Gasteiger partial charge on any atom is -0.340 e. The number of nitrogens with zero attached hydrogens (tertiary/aromatic N) is 5. The fourth-order valence-corrected chi connectivity index (χ4v) is 5.32. The van der Waals surface area contributed by atoms with Gasteiger partial charge in [-0.05, 0) is 50.1 Å². The Bertz CT molecular complexity index is 1430. The molecule has 10 heteroatoms. The molecule has 0 saturated heterocycles. The molecule has 4 aromatic rings. The largest absolute Gasteiger partial charge is 0.340 e. The van der Waals surface area contributed by atoms with Gasteiger partial charge < -0.3 is 10.2 Å². The monoisotopic (exact) mass is 489 g/mol. The molecule has 1 saturated carbocycles. The van der Waals surface area contributed by atoms with Crippen molar-refractivity contribution >= 4 is 45.6 Å². The molecule has 2 aromatic heterocycles. The first-order valence-electron chi connectivity index (χ1n) is 12.1. The summed E-state index contributed by atoms with van der Waals surface area (Å²) < 4.78 is 28.2. The van der Waals surface area contributed by atoms with E-state index >= 15 is 0 Å². The van der Waals surface area contributed by atoms with Gasteiger partial charge in [0.15, 0.2) is 5.82 Å². The number of carbonyl (C=O) groups is 1. The van der Waals surface area contributed by atoms with Crippen molar-refractivity contribution < 1.29 is 13.6 Å². The Morgan fingerprint density at radius 1 is 1.03 bits per heavy atom. The SMILES string of the molecule is C[C@@H]1C(=O)N(c2cc(F)cc(F)c2)c2cnc(Nc3ccc4[nH]ncc4c3)nc2N1C1CCCCC1. The summed E-state index contributed by atoms with van der Waals surface area (Å²) in [4.78, 5) is 26.3. The van der Waals surface area contributed by atoms with Crippen molar-refractivity contribution in [2.45, 2.75) is 51.1 Å². The summed E-state index contributed by atoms with van der Waals surface area (Å²) in [6.07, 6.45) is 8.52. The maximum Gasteiger partial charge on any atom is 0.254 e. The standard InChI is InChI=1S/C26H25F2N7O/c1-15-25(36)35(21-11-17(27)10-18(28)12-21)23-14-29-26(31-19-7-8-22-16(9-19)13-30-33-22)32-24(23)34(15)20-5-3-2-4-6-20/h7-15,20H,2-6H2,1H3,(H,30,33)(H,29,31,32)/t15-/m1/s1. The lowest BCUT2D eigenvalue weighted by atomic mass is 9.92. The lowest BCUT2D eigenvalue weighted by Crippen LogP contribution is -2.55. The molecule has 2 N–H and O–H groups in total. The van der Waals surface area contributed by atoms with Crippen molar-refractivity contribution in [3.63, 3.8) is 0 Å². The Hall–Kier alpha value is -4.08. The van der Waals surface area contributed by atoms with Crippen molar-refractivity contribution in [2.24, 2.45) is 0 Å². The number of H-pyrrole nitrogens is 1. The van der Waals surface area contributed by atoms with E-state index in [0.717, 1.165) is 60.5 Å². The van der Waals surface area contributed by atoms with E-state index in [1.165, 1.54) is 11.3 Å². The minimum atomic E-state index is -0.754. The second-order valence-corrected chi connectivity index (χ2v) is 9.38. The van der Waals surface area contributed by atoms with Crippen molar-refractivity contribution in [3.05, 3.63) is 60.4 Å². The molecule has 1 aliphatic carbocycles. The molecule has 3 heterocycles. The molecule has 1 amide bonds. The average Bonchev–Trinajstić information content (AvgIpc) is 3.33. The Morgan fingerprint density at radius 2 is 1.81 bits per heavy atom. The molecule has 1 fully saturated rings. The van der Waals surface area contributed by atoms with Crippen LogP contribution in [0.4, 0.5) is 37.6 Å². The quantitative estimate of drug-likeness (QED) is 0.389. The number of hydrogen-bond acceptors (Lipinski definition) is 6. The van der Waals surface area contributed by atoms with Gasteiger partial charge in [0.25, 0.3) is 5.91 Å². The fourth-order valence-electron chi connectivity index (χ4n) is 5.32. The van der Waals surface area contributed by atoms with Gasteiger partial charge in [-0.3, -0.25) is 14.8 Å². The highest BCUT2D eigenvalue weighted by Gasteiger charge is 2.41. The number of benzene rings is 2. The Morgan fingerprint density at radius 3 is 2.58 bits per heavy atom. The number of hydrogen-bond donors (Lipinski definition) is 2. The summed E-state index contributed by atoms with van der Waals surface area (Å²) in [7, 11) is 0. The molecule has 0 unspecified atom stereocenters. The second kappa shape index (κ2) is 8.85. The van der Waals surface area contributed by atoms with Crippen LogP contribution in [-0.2, 0) is 4.79 Å². The predicted octanol–water partition coefficient (Wildman–Crippen LogP) is 5.58. The molecule has 2 aromatic carbocycles. The van der Waals surface area contributed by atoms with E-state index in [1.54, 1.807) is 12.4 Å². The molecule has 1 aliphatic heterocycles. The van der Waals surface area contributed by atoms with Gasteiger partial charge in [-0.25, -0.2) is 13.8 Å². The van der Waals surface area contributed by atoms with Gasteiger partial charge in [-0.2, -0.15) is 10.1 Å². The van der Waals surface area contributed by atoms with Gasteiger partial charge in [0.1, 0.15) is 23.4 Å². The number of halogens is 2. The van der Waals surface area contributed by atoms with Gasteiger partial charge >= 0.3 is 0 Å². The summed E-state index contributed by atoms with van der Waals surface area (Å²) >= 11 is 0. The number of anilines is 5. The topological polar surface area (TPSA) is 90.0 Å². The van der Waals surface area contributed by atoms with E-state index in [1.807, 2.05) is 25.1 Å². The molecule has 2 aliphatic rings. The zero-order valence-electron chi connectivity index (χ0n) is 19.7. The van der Waals surface area contributed by atoms with E-state index in [-0.39, 0.29) is 17.6 Å². The van der Waals surface area contributed by atoms with Crippen LogP contribution in [0.5, 0.6) is 0 Å². The molecule has 0 radical (unpaired) electrons. The fraction of sp³-hybridized carbons (Fsp3) is 0.308. The van der Waals surface area contributed by atoms with E-state index < -0.39 is 17.7 Å². The third-order valence-corrected chi connectivity index (χ3v) is 7.00. The van der Waals surface area contributed by atoms with Gasteiger partial charge in [-0.15, -0.1) is 0 Å². The number of nitrogens with one attached hydrogen (secondary N) is 2. The Balaban J connectivity index is 1.44. The highest BCUT2D eigenvalue weighted by Crippen LogP contribution is 2.42. The van der Waals surface area contributed by atoms with E-state index in [0.29, 0.717) is 17.5 Å². The summed E-state index contributed by atoms with van der Waals surface area (Å²) in [5, 5.41) is 11.2. The summed E-state index contributed by atoms with van der Waals surface area (Å²) in [5.74, 6) is -0.844. The summed E-state index contributed by atoms with van der Waals surface area (Å²) in [5.41, 5.74) is 2.23. The third-order valence-electron chi connectivity index (χ3n) is 7.00. The first kappa shape index (κ1) is 22.4. The van der Waals surface area contributed by atoms with Crippen LogP contribution < -0.4 is 15.1 Å². The first-order valence-corrected chi connectivity index (χ1v) is 12.1.